The van der Waals surface area contributed by atoms with E-state index in [1.807, 2.05) is 0 Å². The second kappa shape index (κ2) is 11.7. The zero-order chi connectivity index (χ0) is 14.6. The fourth-order valence-electron chi connectivity index (χ4n) is 1.83. The largest absolute Gasteiger partial charge is 0.395 e. The number of hydrogen-bond acceptors (Lipinski definition) is 2. The average Bonchev–Trinajstić information content (AvgIpc) is 2.31. The monoisotopic (exact) mass is 286 g/mol. The van der Waals surface area contributed by atoms with E-state index in [0.29, 0.717) is 6.61 Å². The molecule has 3 heteroatoms. The minimum Gasteiger partial charge on any atom is -0.395 e. The Balaban J connectivity index is 3.45. The summed E-state index contributed by atoms with van der Waals surface area (Å²) in [5, 5.41) is 0. The van der Waals surface area contributed by atoms with Crippen LogP contribution >= 0.6 is 0 Å². The van der Waals surface area contributed by atoms with Crippen LogP contribution in [0, 0.1) is 0 Å². The fraction of sp³-hybridized carbons (Fsp3) is 0.875. The van der Waals surface area contributed by atoms with Crippen LogP contribution in [0.1, 0.15) is 65.7 Å². The highest BCUT2D eigenvalue weighted by molar-refractivity contribution is 6.64. The van der Waals surface area contributed by atoms with E-state index in [-0.39, 0.29) is 0 Å². The molecular weight excluding hydrogens is 252 g/mol. The van der Waals surface area contributed by atoms with E-state index < -0.39 is 8.56 Å². The highest BCUT2D eigenvalue weighted by Gasteiger charge is 2.23. The molecule has 0 aromatic carbocycles. The van der Waals surface area contributed by atoms with Crippen LogP contribution in [0.5, 0.6) is 0 Å². The van der Waals surface area contributed by atoms with Gasteiger partial charge < -0.3 is 8.85 Å². The highest BCUT2D eigenvalue weighted by atomic mass is 28.4. The third-order valence-electron chi connectivity index (χ3n) is 3.12. The first kappa shape index (κ1) is 18.9. The molecule has 0 spiro atoms. The van der Waals surface area contributed by atoms with Crippen molar-refractivity contribution in [3.05, 3.63) is 11.6 Å². The van der Waals surface area contributed by atoms with Gasteiger partial charge in [0.05, 0.1) is 6.61 Å². The molecule has 114 valence electrons. The van der Waals surface area contributed by atoms with Gasteiger partial charge in [-0.1, -0.05) is 57.1 Å². The zero-order valence-corrected chi connectivity index (χ0v) is 14.8. The predicted octanol–water partition coefficient (Wildman–Crippen LogP) is 5.44. The lowest BCUT2D eigenvalue weighted by Crippen LogP contribution is -2.35. The molecule has 2 nitrogen and oxygen atoms in total. The molecule has 0 aliphatic carbocycles. The van der Waals surface area contributed by atoms with E-state index >= 15 is 0 Å². The number of unbranched alkanes of at least 4 members (excludes halogenated alkanes) is 6. The molecule has 0 fully saturated rings. The summed E-state index contributed by atoms with van der Waals surface area (Å²) in [6, 6.07) is 0. The molecule has 0 bridgehead atoms. The summed E-state index contributed by atoms with van der Waals surface area (Å²) in [6.45, 7) is 12.3. The maximum absolute atomic E-state index is 5.93. The highest BCUT2D eigenvalue weighted by Crippen LogP contribution is 2.10. The van der Waals surface area contributed by atoms with Crippen molar-refractivity contribution in [3.63, 3.8) is 0 Å². The third-order valence-corrected chi connectivity index (χ3v) is 4.88. The number of rotatable bonds is 12. The summed E-state index contributed by atoms with van der Waals surface area (Å²) in [5.74, 6) is 0. The van der Waals surface area contributed by atoms with Crippen LogP contribution in [0.25, 0.3) is 0 Å². The van der Waals surface area contributed by atoms with Crippen molar-refractivity contribution in [1.29, 1.82) is 0 Å². The summed E-state index contributed by atoms with van der Waals surface area (Å²) >= 11 is 0. The van der Waals surface area contributed by atoms with E-state index in [2.05, 4.69) is 39.9 Å². The van der Waals surface area contributed by atoms with Crippen LogP contribution in [0.15, 0.2) is 11.6 Å². The molecule has 0 aromatic rings. The Morgan fingerprint density at radius 1 is 0.895 bits per heavy atom. The van der Waals surface area contributed by atoms with Crippen molar-refractivity contribution in [1.82, 2.24) is 0 Å². The number of allylic oxidation sites excluding steroid dienone is 1. The van der Waals surface area contributed by atoms with Crippen LogP contribution in [0.2, 0.25) is 13.1 Å². The van der Waals surface area contributed by atoms with Gasteiger partial charge in [0.2, 0.25) is 0 Å². The van der Waals surface area contributed by atoms with E-state index in [9.17, 15) is 0 Å². The Kier molecular flexibility index (Phi) is 11.6. The lowest BCUT2D eigenvalue weighted by molar-refractivity contribution is 0.190. The van der Waals surface area contributed by atoms with Crippen molar-refractivity contribution in [2.45, 2.75) is 78.8 Å². The molecule has 0 N–H and O–H groups in total. The van der Waals surface area contributed by atoms with Gasteiger partial charge in [-0.15, -0.1) is 0 Å². The Bertz CT molecular complexity index is 233. The van der Waals surface area contributed by atoms with E-state index in [4.69, 9.17) is 8.85 Å². The molecule has 19 heavy (non-hydrogen) atoms. The molecule has 0 radical (unpaired) electrons. The van der Waals surface area contributed by atoms with Gasteiger partial charge in [0, 0.05) is 6.61 Å². The Hall–Kier alpha value is -0.123. The normalized spacial score (nSPS) is 11.6. The van der Waals surface area contributed by atoms with Crippen molar-refractivity contribution in [3.8, 4) is 0 Å². The maximum Gasteiger partial charge on any atom is 0.331 e. The van der Waals surface area contributed by atoms with E-state index in [1.165, 1.54) is 50.5 Å². The van der Waals surface area contributed by atoms with Gasteiger partial charge >= 0.3 is 8.56 Å². The SMILES string of the molecule is CCCCCCCCCO[Si](C)(C)OCC=C(C)C. The van der Waals surface area contributed by atoms with Crippen LogP contribution < -0.4 is 0 Å². The van der Waals surface area contributed by atoms with Gasteiger partial charge in [0.15, 0.2) is 0 Å². The molecule has 0 atom stereocenters. The van der Waals surface area contributed by atoms with Crippen LogP contribution in [0.3, 0.4) is 0 Å². The number of hydrogen-bond donors (Lipinski definition) is 0. The van der Waals surface area contributed by atoms with Gasteiger partial charge in [0.25, 0.3) is 0 Å². The van der Waals surface area contributed by atoms with Crippen LogP contribution in [0.4, 0.5) is 0 Å². The summed E-state index contributed by atoms with van der Waals surface area (Å²) < 4.78 is 11.8. The van der Waals surface area contributed by atoms with Crippen molar-refractivity contribution < 1.29 is 8.85 Å². The van der Waals surface area contributed by atoms with Gasteiger partial charge in [-0.3, -0.25) is 0 Å². The molecule has 0 aromatic heterocycles. The zero-order valence-electron chi connectivity index (χ0n) is 13.8. The molecule has 0 unspecified atom stereocenters. The minimum absolute atomic E-state index is 0.693. The van der Waals surface area contributed by atoms with Gasteiger partial charge in [-0.25, -0.2) is 0 Å². The first-order valence-electron chi connectivity index (χ1n) is 7.89. The molecule has 0 heterocycles. The molecule has 0 saturated carbocycles. The molecule has 0 aliphatic rings. The average molecular weight is 287 g/mol. The Labute approximate surface area is 121 Å². The van der Waals surface area contributed by atoms with Crippen molar-refractivity contribution >= 4 is 8.56 Å². The van der Waals surface area contributed by atoms with Crippen LogP contribution in [-0.4, -0.2) is 21.8 Å². The van der Waals surface area contributed by atoms with E-state index in [1.54, 1.807) is 0 Å². The molecule has 0 aliphatic heterocycles. The molecule has 0 rings (SSSR count). The van der Waals surface area contributed by atoms with E-state index in [0.717, 1.165) is 6.61 Å². The summed E-state index contributed by atoms with van der Waals surface area (Å²) in [4.78, 5) is 0. The molecule has 0 amide bonds. The lowest BCUT2D eigenvalue weighted by atomic mass is 10.1. The van der Waals surface area contributed by atoms with Crippen molar-refractivity contribution in [2.75, 3.05) is 13.2 Å². The van der Waals surface area contributed by atoms with Crippen molar-refractivity contribution in [2.24, 2.45) is 0 Å². The topological polar surface area (TPSA) is 18.5 Å². The molecular formula is C16H34O2Si. The lowest BCUT2D eigenvalue weighted by Gasteiger charge is -2.22. The second-order valence-corrected chi connectivity index (χ2v) is 9.34. The van der Waals surface area contributed by atoms with Crippen LogP contribution in [-0.2, 0) is 8.85 Å². The smallest absolute Gasteiger partial charge is 0.331 e. The van der Waals surface area contributed by atoms with Gasteiger partial charge in [0.1, 0.15) is 0 Å². The Morgan fingerprint density at radius 3 is 2.05 bits per heavy atom. The summed E-state index contributed by atoms with van der Waals surface area (Å²) in [7, 11) is -1.90. The maximum atomic E-state index is 5.93. The third kappa shape index (κ3) is 14.1. The van der Waals surface area contributed by atoms with Gasteiger partial charge in [-0.05, 0) is 33.4 Å². The first-order chi connectivity index (χ1) is 8.98. The summed E-state index contributed by atoms with van der Waals surface area (Å²) in [5.41, 5.74) is 1.30. The first-order valence-corrected chi connectivity index (χ1v) is 10.7. The summed E-state index contributed by atoms with van der Waals surface area (Å²) in [6.07, 6.45) is 11.4. The van der Waals surface area contributed by atoms with Gasteiger partial charge in [-0.2, -0.15) is 0 Å². The standard InChI is InChI=1S/C16H34O2Si/c1-6-7-8-9-10-11-12-14-17-19(4,5)18-15-13-16(2)3/h13H,6-12,14-15H2,1-5H3. The Morgan fingerprint density at radius 2 is 1.47 bits per heavy atom. The predicted molar refractivity (Wildman–Crippen MR) is 86.8 cm³/mol. The molecule has 0 saturated heterocycles. The second-order valence-electron chi connectivity index (χ2n) is 5.96. The fourth-order valence-corrected chi connectivity index (χ4v) is 3.03. The minimum atomic E-state index is -1.90. The quantitative estimate of drug-likeness (QED) is 0.270.